The molecule has 1 atom stereocenters. The molecule has 1 aliphatic rings. The Labute approximate surface area is 125 Å². The first-order valence-electron chi connectivity index (χ1n) is 7.64. The minimum Gasteiger partial charge on any atom is -0.478 e. The van der Waals surface area contributed by atoms with Crippen molar-refractivity contribution in [3.8, 4) is 5.88 Å². The molecule has 0 bridgehead atoms. The van der Waals surface area contributed by atoms with Crippen LogP contribution in [0.4, 0.5) is 0 Å². The van der Waals surface area contributed by atoms with Crippen LogP contribution >= 0.6 is 0 Å². The third-order valence-electron chi connectivity index (χ3n) is 3.91. The fourth-order valence-corrected chi connectivity index (χ4v) is 2.92. The van der Waals surface area contributed by atoms with E-state index in [9.17, 15) is 0 Å². The number of H-pyrrole nitrogens is 1. The molecule has 2 aromatic heterocycles. The first-order valence-corrected chi connectivity index (χ1v) is 7.64. The molecule has 1 fully saturated rings. The van der Waals surface area contributed by atoms with Crippen LogP contribution in [-0.2, 0) is 6.54 Å². The average Bonchev–Trinajstić information content (AvgIpc) is 3.04. The summed E-state index contributed by atoms with van der Waals surface area (Å²) in [5, 5.41) is 0. The van der Waals surface area contributed by atoms with E-state index < -0.39 is 0 Å². The van der Waals surface area contributed by atoms with Gasteiger partial charge in [-0.2, -0.15) is 0 Å². The lowest BCUT2D eigenvalue weighted by Gasteiger charge is -2.31. The van der Waals surface area contributed by atoms with Gasteiger partial charge in [0.1, 0.15) is 5.82 Å². The summed E-state index contributed by atoms with van der Waals surface area (Å²) in [5.74, 6) is 2.34. The van der Waals surface area contributed by atoms with Gasteiger partial charge >= 0.3 is 0 Å². The van der Waals surface area contributed by atoms with E-state index in [0.29, 0.717) is 18.4 Å². The van der Waals surface area contributed by atoms with Crippen molar-refractivity contribution in [1.82, 2.24) is 19.9 Å². The summed E-state index contributed by atoms with van der Waals surface area (Å²) in [5.41, 5.74) is 1.23. The number of likely N-dealkylation sites (tertiary alicyclic amines) is 1. The van der Waals surface area contributed by atoms with E-state index in [0.717, 1.165) is 25.5 Å². The van der Waals surface area contributed by atoms with Crippen molar-refractivity contribution >= 4 is 0 Å². The first-order chi connectivity index (χ1) is 10.3. The lowest BCUT2D eigenvalue weighted by Crippen LogP contribution is -2.34. The Kier molecular flexibility index (Phi) is 4.50. The summed E-state index contributed by atoms with van der Waals surface area (Å²) in [6, 6.07) is 4.06. The first kappa shape index (κ1) is 14.1. The number of imidazole rings is 1. The van der Waals surface area contributed by atoms with Crippen molar-refractivity contribution in [2.45, 2.75) is 32.2 Å². The predicted molar refractivity (Wildman–Crippen MR) is 81.2 cm³/mol. The second-order valence-electron chi connectivity index (χ2n) is 5.49. The number of nitrogens with zero attached hydrogens (tertiary/aromatic N) is 3. The topological polar surface area (TPSA) is 54.0 Å². The largest absolute Gasteiger partial charge is 0.478 e. The van der Waals surface area contributed by atoms with Gasteiger partial charge in [0.05, 0.1) is 6.61 Å². The van der Waals surface area contributed by atoms with Gasteiger partial charge in [-0.3, -0.25) is 4.90 Å². The molecule has 0 aliphatic carbocycles. The van der Waals surface area contributed by atoms with Crippen molar-refractivity contribution < 1.29 is 4.74 Å². The number of hydrogen-bond donors (Lipinski definition) is 1. The summed E-state index contributed by atoms with van der Waals surface area (Å²) < 4.78 is 5.38. The highest BCUT2D eigenvalue weighted by Gasteiger charge is 2.22. The highest BCUT2D eigenvalue weighted by molar-refractivity contribution is 5.18. The maximum absolute atomic E-state index is 5.38. The predicted octanol–water partition coefficient (Wildman–Crippen LogP) is 2.58. The van der Waals surface area contributed by atoms with Crippen molar-refractivity contribution in [3.63, 3.8) is 0 Å². The third-order valence-corrected chi connectivity index (χ3v) is 3.91. The van der Waals surface area contributed by atoms with Crippen molar-refractivity contribution in [2.24, 2.45) is 0 Å². The molecule has 0 radical (unpaired) electrons. The van der Waals surface area contributed by atoms with E-state index in [2.05, 4.69) is 25.9 Å². The molecule has 0 saturated carbocycles. The van der Waals surface area contributed by atoms with E-state index in [-0.39, 0.29) is 0 Å². The van der Waals surface area contributed by atoms with Crippen molar-refractivity contribution in [3.05, 3.63) is 42.1 Å². The number of nitrogens with one attached hydrogen (secondary N) is 1. The van der Waals surface area contributed by atoms with Crippen molar-refractivity contribution in [1.29, 1.82) is 0 Å². The van der Waals surface area contributed by atoms with E-state index in [1.54, 1.807) is 0 Å². The molecule has 0 unspecified atom stereocenters. The molecule has 0 aromatic carbocycles. The minimum atomic E-state index is 0.518. The molecule has 5 heteroatoms. The lowest BCUT2D eigenvalue weighted by molar-refractivity contribution is 0.196. The number of rotatable bonds is 5. The summed E-state index contributed by atoms with van der Waals surface area (Å²) in [4.78, 5) is 14.5. The zero-order chi connectivity index (χ0) is 14.5. The van der Waals surface area contributed by atoms with Crippen molar-refractivity contribution in [2.75, 3.05) is 19.7 Å². The Morgan fingerprint density at radius 3 is 3.05 bits per heavy atom. The quantitative estimate of drug-likeness (QED) is 0.918. The summed E-state index contributed by atoms with van der Waals surface area (Å²) >= 11 is 0. The molecule has 0 amide bonds. The van der Waals surface area contributed by atoms with E-state index in [1.807, 2.05) is 31.6 Å². The normalized spacial score (nSPS) is 19.6. The van der Waals surface area contributed by atoms with Gasteiger partial charge in [0, 0.05) is 43.7 Å². The van der Waals surface area contributed by atoms with Gasteiger partial charge in [0.15, 0.2) is 0 Å². The molecule has 3 heterocycles. The van der Waals surface area contributed by atoms with E-state index in [1.165, 1.54) is 18.4 Å². The highest BCUT2D eigenvalue weighted by Crippen LogP contribution is 2.25. The highest BCUT2D eigenvalue weighted by atomic mass is 16.5. The molecular weight excluding hydrogens is 264 g/mol. The fraction of sp³-hybridized carbons (Fsp3) is 0.500. The van der Waals surface area contributed by atoms with Crippen LogP contribution in [0.3, 0.4) is 0 Å². The SMILES string of the molecule is CCOc1ccc(CN2CCC[C@@H](c3ncc[nH]3)C2)cn1. The average molecular weight is 286 g/mol. The summed E-state index contributed by atoms with van der Waals surface area (Å²) in [7, 11) is 0. The van der Waals surface area contributed by atoms with Crippen LogP contribution in [0.2, 0.25) is 0 Å². The van der Waals surface area contributed by atoms with E-state index >= 15 is 0 Å². The molecule has 1 saturated heterocycles. The van der Waals surface area contributed by atoms with Gasteiger partial charge in [-0.1, -0.05) is 6.07 Å². The Balaban J connectivity index is 1.59. The molecule has 1 N–H and O–H groups in total. The van der Waals surface area contributed by atoms with Crippen LogP contribution in [0.1, 0.15) is 37.1 Å². The molecule has 2 aromatic rings. The summed E-state index contributed by atoms with van der Waals surface area (Å²) in [6.45, 7) is 5.77. The fourth-order valence-electron chi connectivity index (χ4n) is 2.92. The van der Waals surface area contributed by atoms with Gasteiger partial charge in [-0.05, 0) is 31.9 Å². The zero-order valence-corrected chi connectivity index (χ0v) is 12.5. The number of aromatic amines is 1. The van der Waals surface area contributed by atoms with Gasteiger partial charge in [-0.15, -0.1) is 0 Å². The summed E-state index contributed by atoms with van der Waals surface area (Å²) in [6.07, 6.45) is 8.10. The minimum absolute atomic E-state index is 0.518. The smallest absolute Gasteiger partial charge is 0.213 e. The van der Waals surface area contributed by atoms with Gasteiger partial charge < -0.3 is 9.72 Å². The number of pyridine rings is 1. The molecular formula is C16H22N4O. The third kappa shape index (κ3) is 3.61. The maximum Gasteiger partial charge on any atom is 0.213 e. The van der Waals surface area contributed by atoms with Crippen LogP contribution < -0.4 is 4.74 Å². The van der Waals surface area contributed by atoms with Crippen LogP contribution in [-0.4, -0.2) is 39.5 Å². The van der Waals surface area contributed by atoms with Crippen LogP contribution in [0.15, 0.2) is 30.7 Å². The number of hydrogen-bond acceptors (Lipinski definition) is 4. The molecule has 0 spiro atoms. The molecule has 5 nitrogen and oxygen atoms in total. The van der Waals surface area contributed by atoms with Crippen LogP contribution in [0, 0.1) is 0 Å². The maximum atomic E-state index is 5.38. The second kappa shape index (κ2) is 6.72. The molecule has 3 rings (SSSR count). The van der Waals surface area contributed by atoms with E-state index in [4.69, 9.17) is 4.74 Å². The van der Waals surface area contributed by atoms with Crippen LogP contribution in [0.5, 0.6) is 5.88 Å². The van der Waals surface area contributed by atoms with Gasteiger partial charge in [0.25, 0.3) is 0 Å². The monoisotopic (exact) mass is 286 g/mol. The Hall–Kier alpha value is -1.88. The number of aromatic nitrogens is 3. The molecule has 1 aliphatic heterocycles. The molecule has 21 heavy (non-hydrogen) atoms. The standard InChI is InChI=1S/C16H22N4O/c1-2-21-15-6-5-13(10-19-15)11-20-9-3-4-14(12-20)16-17-7-8-18-16/h5-8,10,14H,2-4,9,11-12H2,1H3,(H,17,18)/t14-/m1/s1. The Morgan fingerprint density at radius 1 is 1.38 bits per heavy atom. The number of piperidine rings is 1. The Bertz CT molecular complexity index is 538. The van der Waals surface area contributed by atoms with Crippen LogP contribution in [0.25, 0.3) is 0 Å². The second-order valence-corrected chi connectivity index (χ2v) is 5.49. The lowest BCUT2D eigenvalue weighted by atomic mass is 9.97. The Morgan fingerprint density at radius 2 is 2.33 bits per heavy atom. The number of ether oxygens (including phenoxy) is 1. The molecule has 112 valence electrons. The van der Waals surface area contributed by atoms with Gasteiger partial charge in [0.2, 0.25) is 5.88 Å². The van der Waals surface area contributed by atoms with Gasteiger partial charge in [-0.25, -0.2) is 9.97 Å². The zero-order valence-electron chi connectivity index (χ0n) is 12.5.